The maximum Gasteiger partial charge on any atom is -1.00 e. The number of hydrogen-bond acceptors (Lipinski definition) is 2. The Morgan fingerprint density at radius 3 is 1.17 bits per heavy atom. The summed E-state index contributed by atoms with van der Waals surface area (Å²) < 4.78 is 87.1. The van der Waals surface area contributed by atoms with Crippen molar-refractivity contribution in [3.8, 4) is 11.5 Å². The SMILES string of the molecule is Fc1cc(F)c([O][Zr+2][O]c2cc(F)c(F)cc2F)cc1F.[Cl-].[Cl-]. The first-order valence-electron chi connectivity index (χ1n) is 5.26. The second-order valence-electron chi connectivity index (χ2n) is 3.68. The van der Waals surface area contributed by atoms with Gasteiger partial charge in [-0.2, -0.15) is 0 Å². The third kappa shape index (κ3) is 5.58. The third-order valence-corrected chi connectivity index (χ3v) is 3.74. The summed E-state index contributed by atoms with van der Waals surface area (Å²) in [7, 11) is 0. The molecular weight excluding hydrogens is 452 g/mol. The van der Waals surface area contributed by atoms with E-state index in [1.807, 2.05) is 0 Å². The van der Waals surface area contributed by atoms with Crippen molar-refractivity contribution in [2.24, 2.45) is 0 Å². The smallest absolute Gasteiger partial charge is 1.00 e. The number of benzene rings is 2. The molecule has 0 N–H and O–H groups in total. The van der Waals surface area contributed by atoms with E-state index in [1.165, 1.54) is 0 Å². The molecule has 124 valence electrons. The summed E-state index contributed by atoms with van der Waals surface area (Å²) in [6, 6.07) is 1.50. The van der Waals surface area contributed by atoms with Crippen LogP contribution in [0.5, 0.6) is 11.5 Å². The summed E-state index contributed by atoms with van der Waals surface area (Å²) in [6.45, 7) is 0. The van der Waals surface area contributed by atoms with Crippen molar-refractivity contribution in [2.75, 3.05) is 0 Å². The molecule has 0 saturated carbocycles. The minimum absolute atomic E-state index is 0. The summed E-state index contributed by atoms with van der Waals surface area (Å²) >= 11 is -2.44. The summed E-state index contributed by atoms with van der Waals surface area (Å²) in [4.78, 5) is 0. The van der Waals surface area contributed by atoms with Gasteiger partial charge in [-0.3, -0.25) is 0 Å². The number of halogens is 8. The molecular formula is C12H4Cl2F6O2Zr. The molecule has 2 aromatic rings. The zero-order chi connectivity index (χ0) is 15.6. The van der Waals surface area contributed by atoms with Gasteiger partial charge in [0.05, 0.1) is 0 Å². The average Bonchev–Trinajstić information content (AvgIpc) is 2.41. The zero-order valence-corrected chi connectivity index (χ0v) is 14.6. The summed E-state index contributed by atoms with van der Waals surface area (Å²) in [6.07, 6.45) is 0. The fourth-order valence-corrected chi connectivity index (χ4v) is 2.59. The van der Waals surface area contributed by atoms with Gasteiger partial charge in [0.15, 0.2) is 0 Å². The van der Waals surface area contributed by atoms with Crippen molar-refractivity contribution in [1.29, 1.82) is 0 Å². The fraction of sp³-hybridized carbons (Fsp3) is 0. The molecule has 2 rings (SSSR count). The predicted octanol–water partition coefficient (Wildman–Crippen LogP) is -2.10. The van der Waals surface area contributed by atoms with E-state index in [-0.39, 0.29) is 36.9 Å². The number of hydrogen-bond donors (Lipinski definition) is 0. The fourth-order valence-electron chi connectivity index (χ4n) is 1.28. The Morgan fingerprint density at radius 2 is 0.826 bits per heavy atom. The van der Waals surface area contributed by atoms with Crippen LogP contribution in [-0.2, 0) is 24.1 Å². The van der Waals surface area contributed by atoms with Crippen LogP contribution in [0.2, 0.25) is 0 Å². The van der Waals surface area contributed by atoms with Gasteiger partial charge in [0.2, 0.25) is 0 Å². The molecule has 2 nitrogen and oxygen atoms in total. The molecule has 0 atom stereocenters. The first-order valence-corrected chi connectivity index (χ1v) is 7.27. The van der Waals surface area contributed by atoms with Gasteiger partial charge in [0, 0.05) is 0 Å². The Hall–Kier alpha value is -0.917. The number of rotatable bonds is 4. The summed E-state index contributed by atoms with van der Waals surface area (Å²) in [5.74, 6) is -8.98. The zero-order valence-electron chi connectivity index (χ0n) is 10.6. The van der Waals surface area contributed by atoms with Crippen LogP contribution in [0.15, 0.2) is 24.3 Å². The molecule has 0 aliphatic heterocycles. The molecule has 0 bridgehead atoms. The molecule has 0 unspecified atom stereocenters. The molecule has 23 heavy (non-hydrogen) atoms. The van der Waals surface area contributed by atoms with Gasteiger partial charge in [-0.05, 0) is 0 Å². The van der Waals surface area contributed by atoms with Gasteiger partial charge in [0.25, 0.3) is 0 Å². The monoisotopic (exact) mass is 454 g/mol. The topological polar surface area (TPSA) is 18.5 Å². The van der Waals surface area contributed by atoms with Crippen LogP contribution in [-0.4, -0.2) is 0 Å². The molecule has 0 aliphatic rings. The van der Waals surface area contributed by atoms with E-state index >= 15 is 0 Å². The van der Waals surface area contributed by atoms with Crippen LogP contribution in [0.4, 0.5) is 26.3 Å². The van der Waals surface area contributed by atoms with Crippen molar-refractivity contribution in [3.05, 3.63) is 59.2 Å². The Kier molecular flexibility index (Phi) is 9.02. The molecule has 0 spiro atoms. The Labute approximate surface area is 151 Å². The maximum absolute atomic E-state index is 13.2. The molecule has 2 aromatic carbocycles. The summed E-state index contributed by atoms with van der Waals surface area (Å²) in [5, 5.41) is 0. The van der Waals surface area contributed by atoms with Crippen LogP contribution in [0.1, 0.15) is 0 Å². The van der Waals surface area contributed by atoms with Crippen LogP contribution >= 0.6 is 0 Å². The van der Waals surface area contributed by atoms with Crippen LogP contribution < -0.4 is 30.4 Å². The second kappa shape index (κ2) is 9.40. The van der Waals surface area contributed by atoms with Crippen LogP contribution in [0.25, 0.3) is 0 Å². The Bertz CT molecular complexity index is 632. The van der Waals surface area contributed by atoms with E-state index in [4.69, 9.17) is 5.63 Å². The largest absolute Gasteiger partial charge is 1.00 e. The van der Waals surface area contributed by atoms with E-state index in [1.54, 1.807) is 0 Å². The standard InChI is InChI=1S/2C6H3F3O.2ClH.Zr/c2*7-3-1-5(9)6(10)2-4(3)8;;;/h2*1-2,10H;2*1H;/q;;;;+4/p-4. The summed E-state index contributed by atoms with van der Waals surface area (Å²) in [5.41, 5.74) is 0. The maximum atomic E-state index is 13.2. The molecule has 0 radical (unpaired) electrons. The first kappa shape index (κ1) is 22.1. The second-order valence-corrected chi connectivity index (χ2v) is 5.09. The van der Waals surface area contributed by atoms with Gasteiger partial charge < -0.3 is 24.8 Å². The van der Waals surface area contributed by atoms with Gasteiger partial charge in [-0.25, -0.2) is 0 Å². The van der Waals surface area contributed by atoms with E-state index in [9.17, 15) is 26.3 Å². The molecule has 0 aliphatic carbocycles. The minimum Gasteiger partial charge on any atom is -1.00 e. The van der Waals surface area contributed by atoms with Gasteiger partial charge in [0.1, 0.15) is 0 Å². The van der Waals surface area contributed by atoms with Crippen molar-refractivity contribution in [3.63, 3.8) is 0 Å². The third-order valence-electron chi connectivity index (χ3n) is 2.25. The molecule has 0 aromatic heterocycles. The van der Waals surface area contributed by atoms with E-state index < -0.39 is 70.5 Å². The van der Waals surface area contributed by atoms with E-state index in [0.29, 0.717) is 12.1 Å². The first-order chi connectivity index (χ1) is 9.88. The molecule has 0 amide bonds. The van der Waals surface area contributed by atoms with Gasteiger partial charge in [-0.1, -0.05) is 0 Å². The van der Waals surface area contributed by atoms with Crippen LogP contribution in [0.3, 0.4) is 0 Å². The molecule has 0 heterocycles. The van der Waals surface area contributed by atoms with Gasteiger partial charge in [-0.15, -0.1) is 0 Å². The van der Waals surface area contributed by atoms with E-state index in [2.05, 4.69) is 0 Å². The Morgan fingerprint density at radius 1 is 0.522 bits per heavy atom. The van der Waals surface area contributed by atoms with Gasteiger partial charge >= 0.3 is 127 Å². The molecule has 0 saturated heterocycles. The van der Waals surface area contributed by atoms with Crippen molar-refractivity contribution >= 4 is 0 Å². The predicted molar refractivity (Wildman–Crippen MR) is 53.9 cm³/mol. The quantitative estimate of drug-likeness (QED) is 0.388. The Balaban J connectivity index is 0.00000242. The molecule has 11 heteroatoms. The van der Waals surface area contributed by atoms with Crippen LogP contribution in [0, 0.1) is 34.9 Å². The normalized spacial score (nSPS) is 9.30. The average molecular weight is 456 g/mol. The molecule has 0 fully saturated rings. The minimum atomic E-state index is -2.44. The van der Waals surface area contributed by atoms with Crippen molar-refractivity contribution in [1.82, 2.24) is 0 Å². The van der Waals surface area contributed by atoms with E-state index in [0.717, 1.165) is 0 Å². The van der Waals surface area contributed by atoms with Crippen molar-refractivity contribution in [2.45, 2.75) is 0 Å². The van der Waals surface area contributed by atoms with Crippen molar-refractivity contribution < 1.29 is 80.9 Å².